The number of ketones is 1. The van der Waals surface area contributed by atoms with Crippen molar-refractivity contribution in [3.05, 3.63) is 33.8 Å². The quantitative estimate of drug-likeness (QED) is 0.683. The highest BCUT2D eigenvalue weighted by Crippen LogP contribution is 2.31. The van der Waals surface area contributed by atoms with E-state index in [1.165, 1.54) is 0 Å². The van der Waals surface area contributed by atoms with Crippen molar-refractivity contribution in [3.8, 4) is 0 Å². The van der Waals surface area contributed by atoms with Crippen molar-refractivity contribution in [3.63, 3.8) is 0 Å². The molecule has 0 saturated carbocycles. The minimum atomic E-state index is -0.697. The van der Waals surface area contributed by atoms with Gasteiger partial charge in [-0.1, -0.05) is 45.2 Å². The number of carbonyl (C=O) groups excluding carboxylic acids is 1. The number of nitrogens with two attached hydrogens (primary N) is 1. The molecule has 0 fully saturated rings. The summed E-state index contributed by atoms with van der Waals surface area (Å²) in [6, 6.07) is 5.15. The second-order valence-electron chi connectivity index (χ2n) is 4.02. The number of rotatable bonds is 3. The Kier molecular flexibility index (Phi) is 4.41. The topological polar surface area (TPSA) is 43.1 Å². The largest absolute Gasteiger partial charge is 0.313 e. The summed E-state index contributed by atoms with van der Waals surface area (Å²) in [7, 11) is 0. The lowest BCUT2D eigenvalue weighted by Gasteiger charge is -2.25. The van der Waals surface area contributed by atoms with Crippen LogP contribution in [-0.4, -0.2) is 10.7 Å². The van der Waals surface area contributed by atoms with E-state index in [2.05, 4.69) is 15.9 Å². The molecule has 0 heterocycles. The van der Waals surface area contributed by atoms with E-state index in [-0.39, 0.29) is 5.78 Å². The molecule has 1 unspecified atom stereocenters. The Bertz CT molecular complexity index is 418. The maximum atomic E-state index is 11.9. The molecule has 0 aliphatic carbocycles. The Hall–Kier alpha value is -0.0900. The standard InChI is InChI=1S/C11H12BrCl2NO/c1-11(2,9(16)10(12)15)6-3-4-7(13)8(14)5-6/h3-5,10H,15H2,1-2H3. The number of benzene rings is 1. The zero-order chi connectivity index (χ0) is 12.5. The van der Waals surface area contributed by atoms with Crippen molar-refractivity contribution in [2.45, 2.75) is 24.2 Å². The van der Waals surface area contributed by atoms with Crippen LogP contribution in [0, 0.1) is 0 Å². The van der Waals surface area contributed by atoms with Gasteiger partial charge in [0.05, 0.1) is 15.5 Å². The molecule has 0 amide bonds. The third-order valence-corrected chi connectivity index (χ3v) is 3.66. The van der Waals surface area contributed by atoms with Crippen LogP contribution in [0.5, 0.6) is 0 Å². The predicted molar refractivity (Wildman–Crippen MR) is 71.4 cm³/mol. The fraction of sp³-hybridized carbons (Fsp3) is 0.364. The average molecular weight is 325 g/mol. The number of hydrogen-bond donors (Lipinski definition) is 1. The van der Waals surface area contributed by atoms with Crippen LogP contribution < -0.4 is 5.73 Å². The van der Waals surface area contributed by atoms with Gasteiger partial charge in [0.2, 0.25) is 0 Å². The first-order valence-corrected chi connectivity index (χ1v) is 6.33. The van der Waals surface area contributed by atoms with Crippen LogP contribution in [0.15, 0.2) is 18.2 Å². The van der Waals surface area contributed by atoms with Gasteiger partial charge in [0, 0.05) is 0 Å². The normalized spacial score (nSPS) is 13.6. The SMILES string of the molecule is CC(C)(C(=O)C(N)Br)c1ccc(Cl)c(Cl)c1. The maximum absolute atomic E-state index is 11.9. The highest BCUT2D eigenvalue weighted by Gasteiger charge is 2.32. The molecule has 2 nitrogen and oxygen atoms in total. The van der Waals surface area contributed by atoms with Crippen LogP contribution in [0.4, 0.5) is 0 Å². The van der Waals surface area contributed by atoms with Crippen LogP contribution in [-0.2, 0) is 10.2 Å². The van der Waals surface area contributed by atoms with Crippen molar-refractivity contribution in [1.29, 1.82) is 0 Å². The summed E-state index contributed by atoms with van der Waals surface area (Å²) in [5.74, 6) is -0.106. The number of hydrogen-bond acceptors (Lipinski definition) is 2. The molecule has 0 aliphatic rings. The number of halogens is 3. The third-order valence-electron chi connectivity index (χ3n) is 2.51. The zero-order valence-corrected chi connectivity index (χ0v) is 12.0. The van der Waals surface area contributed by atoms with Gasteiger partial charge in [-0.15, -0.1) is 0 Å². The average Bonchev–Trinajstić information content (AvgIpc) is 2.20. The summed E-state index contributed by atoms with van der Waals surface area (Å²) in [5.41, 5.74) is 5.63. The first kappa shape index (κ1) is 14.0. The van der Waals surface area contributed by atoms with Crippen molar-refractivity contribution in [1.82, 2.24) is 0 Å². The molecule has 0 radical (unpaired) electrons. The van der Waals surface area contributed by atoms with E-state index in [4.69, 9.17) is 28.9 Å². The summed E-state index contributed by atoms with van der Waals surface area (Å²) in [6.45, 7) is 3.60. The van der Waals surface area contributed by atoms with E-state index in [1.807, 2.05) is 0 Å². The van der Waals surface area contributed by atoms with Crippen LogP contribution in [0.25, 0.3) is 0 Å². The van der Waals surface area contributed by atoms with Gasteiger partial charge in [-0.05, 0) is 31.5 Å². The summed E-state index contributed by atoms with van der Waals surface area (Å²) in [6.07, 6.45) is 0. The molecule has 1 aromatic carbocycles. The van der Waals surface area contributed by atoms with Crippen LogP contribution in [0.2, 0.25) is 10.0 Å². The van der Waals surface area contributed by atoms with Crippen molar-refractivity contribution >= 4 is 44.9 Å². The summed E-state index contributed by atoms with van der Waals surface area (Å²) >= 11 is 14.8. The van der Waals surface area contributed by atoms with Gasteiger partial charge in [-0.2, -0.15) is 0 Å². The smallest absolute Gasteiger partial charge is 0.170 e. The molecule has 0 aromatic heterocycles. The molecular formula is C11H12BrCl2NO. The van der Waals surface area contributed by atoms with E-state index in [1.54, 1.807) is 32.0 Å². The fourth-order valence-electron chi connectivity index (χ4n) is 1.37. The van der Waals surface area contributed by atoms with Crippen LogP contribution in [0.1, 0.15) is 19.4 Å². The number of alkyl halides is 1. The molecule has 88 valence electrons. The second-order valence-corrected chi connectivity index (χ2v) is 5.82. The Labute approximate surface area is 113 Å². The molecule has 16 heavy (non-hydrogen) atoms. The summed E-state index contributed by atoms with van der Waals surface area (Å²) < 4.78 is 0. The Morgan fingerprint density at radius 1 is 1.38 bits per heavy atom. The van der Waals surface area contributed by atoms with Gasteiger partial charge in [-0.3, -0.25) is 4.79 Å². The van der Waals surface area contributed by atoms with Gasteiger partial charge >= 0.3 is 0 Å². The molecule has 1 atom stereocenters. The molecule has 0 bridgehead atoms. The lowest BCUT2D eigenvalue weighted by atomic mass is 9.80. The minimum Gasteiger partial charge on any atom is -0.313 e. The van der Waals surface area contributed by atoms with Gasteiger partial charge in [0.1, 0.15) is 4.95 Å². The zero-order valence-electron chi connectivity index (χ0n) is 8.93. The van der Waals surface area contributed by atoms with Gasteiger partial charge in [-0.25, -0.2) is 0 Å². The Morgan fingerprint density at radius 3 is 2.38 bits per heavy atom. The maximum Gasteiger partial charge on any atom is 0.170 e. The van der Waals surface area contributed by atoms with Crippen LogP contribution >= 0.6 is 39.1 Å². The molecule has 1 rings (SSSR count). The van der Waals surface area contributed by atoms with E-state index >= 15 is 0 Å². The molecule has 0 aliphatic heterocycles. The lowest BCUT2D eigenvalue weighted by molar-refractivity contribution is -0.122. The van der Waals surface area contributed by atoms with Crippen molar-refractivity contribution < 1.29 is 4.79 Å². The van der Waals surface area contributed by atoms with Crippen LogP contribution in [0.3, 0.4) is 0 Å². The van der Waals surface area contributed by atoms with Gasteiger partial charge in [0.25, 0.3) is 0 Å². The number of carbonyl (C=O) groups is 1. The summed E-state index contributed by atoms with van der Waals surface area (Å²) in [4.78, 5) is 11.2. The first-order valence-electron chi connectivity index (χ1n) is 4.66. The number of Topliss-reactive ketones (excluding diaryl/α,β-unsaturated/α-hetero) is 1. The highest BCUT2D eigenvalue weighted by molar-refractivity contribution is 9.09. The molecule has 0 saturated heterocycles. The van der Waals surface area contributed by atoms with E-state index in [0.717, 1.165) is 5.56 Å². The fourth-order valence-corrected chi connectivity index (χ4v) is 2.24. The monoisotopic (exact) mass is 323 g/mol. The summed E-state index contributed by atoms with van der Waals surface area (Å²) in [5, 5.41) is 0.903. The highest BCUT2D eigenvalue weighted by atomic mass is 79.9. The molecular weight excluding hydrogens is 313 g/mol. The van der Waals surface area contributed by atoms with Gasteiger partial charge < -0.3 is 5.73 Å². The van der Waals surface area contributed by atoms with Gasteiger partial charge in [0.15, 0.2) is 5.78 Å². The lowest BCUT2D eigenvalue weighted by Crippen LogP contribution is -2.39. The van der Waals surface area contributed by atoms with E-state index in [9.17, 15) is 4.79 Å². The predicted octanol–water partition coefficient (Wildman–Crippen LogP) is 3.52. The second kappa shape index (κ2) is 5.05. The first-order chi connectivity index (χ1) is 7.26. The third kappa shape index (κ3) is 2.77. The Morgan fingerprint density at radius 2 is 1.94 bits per heavy atom. The van der Waals surface area contributed by atoms with E-state index < -0.39 is 10.4 Å². The van der Waals surface area contributed by atoms with Crippen molar-refractivity contribution in [2.24, 2.45) is 5.73 Å². The molecule has 2 N–H and O–H groups in total. The molecule has 0 spiro atoms. The molecule has 1 aromatic rings. The minimum absolute atomic E-state index is 0.106. The molecule has 5 heteroatoms. The van der Waals surface area contributed by atoms with E-state index in [0.29, 0.717) is 10.0 Å². The Balaban J connectivity index is 3.16. The van der Waals surface area contributed by atoms with Crippen molar-refractivity contribution in [2.75, 3.05) is 0 Å².